The largest absolute Gasteiger partial charge is 1.00 e. The summed E-state index contributed by atoms with van der Waals surface area (Å²) in [5, 5.41) is 10.1. The van der Waals surface area contributed by atoms with Gasteiger partial charge in [0.1, 0.15) is 0 Å². The van der Waals surface area contributed by atoms with Gasteiger partial charge in [-0.15, -0.1) is 0 Å². The van der Waals surface area contributed by atoms with E-state index in [1.807, 2.05) is 0 Å². The molecular weight excluding hydrogens is 482 g/mol. The topological polar surface area (TPSA) is 119 Å². The number of carboxylic acids is 1. The van der Waals surface area contributed by atoms with Gasteiger partial charge in [0.05, 0.1) is 22.7 Å². The van der Waals surface area contributed by atoms with E-state index in [2.05, 4.69) is 0 Å². The summed E-state index contributed by atoms with van der Waals surface area (Å²) < 4.78 is 15.3. The predicted octanol–water partition coefficient (Wildman–Crippen LogP) is 0.596. The molecule has 0 aliphatic carbocycles. The fourth-order valence-electron chi connectivity index (χ4n) is 2.84. The molecule has 0 bridgehead atoms. The van der Waals surface area contributed by atoms with Crippen LogP contribution in [-0.4, -0.2) is 31.2 Å². The normalized spacial score (nSPS) is 9.37. The van der Waals surface area contributed by atoms with E-state index >= 15 is 0 Å². The number of carbonyl (C=O) groups is 4. The van der Waals surface area contributed by atoms with Crippen LogP contribution < -0.4 is 24.0 Å². The third-order valence-electron chi connectivity index (χ3n) is 4.65. The maximum absolute atomic E-state index is 12.3. The number of rotatable bonds is 7. The summed E-state index contributed by atoms with van der Waals surface area (Å²) in [7, 11) is -1.84. The molecule has 0 heterocycles. The molecule has 0 spiro atoms. The molecule has 0 N–H and O–H groups in total. The van der Waals surface area contributed by atoms with Crippen molar-refractivity contribution in [3.63, 3.8) is 0 Å². The molecule has 4 aromatic carbocycles. The Hall–Kier alpha value is -4.58. The molecule has 0 saturated carbocycles. The van der Waals surface area contributed by atoms with Gasteiger partial charge < -0.3 is 23.9 Å². The molecule has 8 nitrogen and oxygen atoms in total. The van der Waals surface area contributed by atoms with Gasteiger partial charge in [-0.25, -0.2) is 14.4 Å². The molecule has 0 atom stereocenters. The molecule has 4 aromatic rings. The van der Waals surface area contributed by atoms with Crippen LogP contribution in [0.4, 0.5) is 0 Å². The maximum Gasteiger partial charge on any atom is 1.00 e. The average molecular weight is 502 g/mol. The molecule has 38 heavy (non-hydrogen) atoms. The predicted molar refractivity (Wildman–Crippen MR) is 132 cm³/mol. The van der Waals surface area contributed by atoms with Gasteiger partial charge in [0, 0.05) is 0 Å². The zero-order chi connectivity index (χ0) is 26.5. The molecule has 0 aromatic heterocycles. The second kappa shape index (κ2) is 15.5. The van der Waals surface area contributed by atoms with Gasteiger partial charge in [-0.1, -0.05) is 84.9 Å². The zero-order valence-corrected chi connectivity index (χ0v) is 20.4. The van der Waals surface area contributed by atoms with E-state index in [1.165, 1.54) is 48.5 Å². The minimum absolute atomic E-state index is 0. The number of carboxylic acid groups (broad SMARTS) is 1. The Kier molecular flexibility index (Phi) is 12.1. The van der Waals surface area contributed by atoms with Crippen LogP contribution >= 0.6 is 0 Å². The summed E-state index contributed by atoms with van der Waals surface area (Å²) >= 11 is 0. The summed E-state index contributed by atoms with van der Waals surface area (Å²) in [6.07, 6.45) is 0. The Balaban J connectivity index is 0.000000430. The van der Waals surface area contributed by atoms with Gasteiger partial charge in [-0.2, -0.15) is 0 Å². The van der Waals surface area contributed by atoms with Crippen molar-refractivity contribution in [1.82, 2.24) is 0 Å². The summed E-state index contributed by atoms with van der Waals surface area (Å²) in [5.74, 6) is -3.53. The van der Waals surface area contributed by atoms with E-state index in [0.717, 1.165) is 0 Å². The van der Waals surface area contributed by atoms with Gasteiger partial charge in [0.15, 0.2) is 0 Å². The first kappa shape index (κ1) is 29.7. The molecule has 184 valence electrons. The van der Waals surface area contributed by atoms with Crippen LogP contribution in [0.3, 0.4) is 0 Å². The molecule has 0 radical (unpaired) electrons. The van der Waals surface area contributed by atoms with Crippen LogP contribution in [0.2, 0.25) is 0 Å². The third kappa shape index (κ3) is 9.47. The fraction of sp³-hybridized carbons (Fsp3) is 0. The Morgan fingerprint density at radius 2 is 0.684 bits per heavy atom. The number of carbonyl (C=O) groups excluding carboxylic acids is 4. The van der Waals surface area contributed by atoms with Crippen LogP contribution in [0.25, 0.3) is 0 Å². The summed E-state index contributed by atoms with van der Waals surface area (Å²) in [6, 6.07) is 32.3. The average Bonchev–Trinajstić information content (AvgIpc) is 2.95. The van der Waals surface area contributed by atoms with Gasteiger partial charge in [-0.05, 0) is 42.0 Å². The first-order valence-corrected chi connectivity index (χ1v) is 11.0. The molecule has 0 aliphatic rings. The molecule has 0 aliphatic heterocycles. The van der Waals surface area contributed by atoms with Crippen LogP contribution in [0.5, 0.6) is 0 Å². The van der Waals surface area contributed by atoms with E-state index in [9.17, 15) is 24.3 Å². The number of hydrogen-bond acceptors (Lipinski definition) is 8. The zero-order valence-electron chi connectivity index (χ0n) is 20.4. The minimum atomic E-state index is -1.84. The fourth-order valence-corrected chi connectivity index (χ4v) is 2.84. The number of benzene rings is 4. The van der Waals surface area contributed by atoms with Crippen molar-refractivity contribution in [2.45, 2.75) is 0 Å². The van der Waals surface area contributed by atoms with Gasteiger partial charge in [0.2, 0.25) is 0 Å². The van der Waals surface area contributed by atoms with Crippen molar-refractivity contribution in [1.29, 1.82) is 0 Å². The maximum atomic E-state index is 12.3. The van der Waals surface area contributed by atoms with Crippen LogP contribution in [0.1, 0.15) is 41.4 Å². The second-order valence-corrected chi connectivity index (χ2v) is 7.26. The van der Waals surface area contributed by atoms with Crippen LogP contribution in [0, 0.1) is 0 Å². The van der Waals surface area contributed by atoms with Crippen molar-refractivity contribution < 1.29 is 57.1 Å². The molecule has 0 fully saturated rings. The van der Waals surface area contributed by atoms with E-state index < -0.39 is 31.2 Å². The molecule has 10 heteroatoms. The van der Waals surface area contributed by atoms with Crippen molar-refractivity contribution in [3.05, 3.63) is 144 Å². The number of aromatic carboxylic acids is 1. The quantitative estimate of drug-likeness (QED) is 0.337. The van der Waals surface area contributed by atoms with E-state index in [1.54, 1.807) is 72.8 Å². The summed E-state index contributed by atoms with van der Waals surface area (Å²) in [5.41, 5.74) is 0.884. The number of hydrogen-bond donors (Lipinski definition) is 0. The summed E-state index contributed by atoms with van der Waals surface area (Å²) in [6.45, 7) is 0. The van der Waals surface area contributed by atoms with Gasteiger partial charge in [0.25, 0.3) is 0 Å². The first-order chi connectivity index (χ1) is 17.9. The minimum Gasteiger partial charge on any atom is -0.545 e. The standard InChI is InChI=1S/C21H15BO6.C7H6O2.Li/c23-19(16-10-4-1-5-11-16)26-22(27-20(24)17-12-6-2-7-13-17)28-21(25)18-14-8-3-9-15-18;8-7(9)6-4-2-1-3-5-6;/h1-15H;1-5H,(H,8,9);/q;;+1/p-1. The van der Waals surface area contributed by atoms with Crippen molar-refractivity contribution in [2.24, 2.45) is 0 Å². The molecule has 0 saturated heterocycles. The van der Waals surface area contributed by atoms with Crippen LogP contribution in [-0.2, 0) is 14.0 Å². The molecular formula is C28H20BLiO8. The monoisotopic (exact) mass is 502 g/mol. The molecule has 0 amide bonds. The van der Waals surface area contributed by atoms with Crippen LogP contribution in [0.15, 0.2) is 121 Å². The second-order valence-electron chi connectivity index (χ2n) is 7.26. The van der Waals surface area contributed by atoms with Gasteiger partial charge in [-0.3, -0.25) is 0 Å². The van der Waals surface area contributed by atoms with E-state index in [0.29, 0.717) is 0 Å². The third-order valence-corrected chi connectivity index (χ3v) is 4.65. The van der Waals surface area contributed by atoms with Gasteiger partial charge >= 0.3 is 44.1 Å². The van der Waals surface area contributed by atoms with Crippen molar-refractivity contribution in [3.8, 4) is 0 Å². The Morgan fingerprint density at radius 3 is 0.895 bits per heavy atom. The molecule has 0 unspecified atom stereocenters. The van der Waals surface area contributed by atoms with E-state index in [4.69, 9.17) is 14.0 Å². The summed E-state index contributed by atoms with van der Waals surface area (Å²) in [4.78, 5) is 46.9. The Morgan fingerprint density at radius 1 is 0.447 bits per heavy atom. The van der Waals surface area contributed by atoms with E-state index in [-0.39, 0.29) is 41.1 Å². The van der Waals surface area contributed by atoms with Crippen molar-refractivity contribution >= 4 is 31.2 Å². The van der Waals surface area contributed by atoms with Crippen molar-refractivity contribution in [2.75, 3.05) is 0 Å². The Bertz CT molecular complexity index is 1190. The smallest absolute Gasteiger partial charge is 0.545 e. The Labute approximate surface area is 231 Å². The SMILES string of the molecule is O=C(OB(OC(=O)c1ccccc1)OC(=O)c1ccccc1)c1ccccc1.O=C([O-])c1ccccc1.[Li+]. The molecule has 4 rings (SSSR count). The first-order valence-electron chi connectivity index (χ1n) is 11.0.